The van der Waals surface area contributed by atoms with Crippen molar-refractivity contribution in [3.63, 3.8) is 0 Å². The van der Waals surface area contributed by atoms with E-state index >= 15 is 0 Å². The van der Waals surface area contributed by atoms with Gasteiger partial charge in [-0.15, -0.1) is 12.4 Å². The van der Waals surface area contributed by atoms with Crippen molar-refractivity contribution in [2.24, 2.45) is 0 Å². The molecule has 2 aromatic rings. The van der Waals surface area contributed by atoms with Gasteiger partial charge < -0.3 is 4.42 Å². The fraction of sp³-hybridized carbons (Fsp3) is 0.333. The second-order valence-corrected chi connectivity index (χ2v) is 8.58. The number of rotatable bonds is 4. The molecule has 0 unspecified atom stereocenters. The van der Waals surface area contributed by atoms with Gasteiger partial charge in [-0.05, 0) is 24.3 Å². The average Bonchev–Trinajstić information content (AvgIpc) is 3.04. The van der Waals surface area contributed by atoms with Gasteiger partial charge in [-0.3, -0.25) is 4.90 Å². The Balaban J connectivity index is 0.00000225. The number of sulfonamides is 1. The van der Waals surface area contributed by atoms with E-state index in [-0.39, 0.29) is 32.4 Å². The maximum atomic E-state index is 12.8. The van der Waals surface area contributed by atoms with E-state index in [4.69, 9.17) is 39.2 Å². The van der Waals surface area contributed by atoms with E-state index < -0.39 is 10.0 Å². The summed E-state index contributed by atoms with van der Waals surface area (Å²) in [5, 5.41) is 0.461. The molecule has 1 fully saturated rings. The SMILES string of the molecule is Cl.O=S(=O)(c1cc(Cl)c(Cl)cc1Cl)N1CCN(Cc2ccco2)CC1. The normalized spacial score (nSPS) is 16.6. The molecule has 3 rings (SSSR count). The van der Waals surface area contributed by atoms with Crippen molar-refractivity contribution in [3.8, 4) is 0 Å². The van der Waals surface area contributed by atoms with Crippen LogP contribution in [-0.4, -0.2) is 43.8 Å². The molecule has 0 spiro atoms. The Morgan fingerprint density at radius 3 is 2.24 bits per heavy atom. The molecular weight excluding hydrogens is 430 g/mol. The Kier molecular flexibility index (Phi) is 7.07. The topological polar surface area (TPSA) is 53.8 Å². The number of hydrogen-bond donors (Lipinski definition) is 0. The molecule has 1 aliphatic rings. The number of halogens is 4. The molecule has 25 heavy (non-hydrogen) atoms. The van der Waals surface area contributed by atoms with Crippen LogP contribution in [0.15, 0.2) is 39.8 Å². The quantitative estimate of drug-likeness (QED) is 0.662. The fourth-order valence-electron chi connectivity index (χ4n) is 2.59. The summed E-state index contributed by atoms with van der Waals surface area (Å²) in [7, 11) is -3.71. The summed E-state index contributed by atoms with van der Waals surface area (Å²) < 4.78 is 32.3. The predicted octanol–water partition coefficient (Wildman–Crippen LogP) is 4.17. The first-order valence-electron chi connectivity index (χ1n) is 7.27. The summed E-state index contributed by atoms with van der Waals surface area (Å²) in [5.74, 6) is 0.860. The molecule has 1 aliphatic heterocycles. The van der Waals surface area contributed by atoms with Crippen LogP contribution in [0.3, 0.4) is 0 Å². The van der Waals surface area contributed by atoms with E-state index in [2.05, 4.69) is 4.90 Å². The van der Waals surface area contributed by atoms with Crippen LogP contribution >= 0.6 is 47.2 Å². The van der Waals surface area contributed by atoms with Crippen molar-refractivity contribution in [3.05, 3.63) is 51.4 Å². The Hall–Kier alpha value is -0.470. The molecular formula is C15H16Cl4N2O3S. The third kappa shape index (κ3) is 4.63. The Morgan fingerprint density at radius 1 is 1.00 bits per heavy atom. The van der Waals surface area contributed by atoms with Crippen LogP contribution in [0.25, 0.3) is 0 Å². The smallest absolute Gasteiger partial charge is 0.244 e. The van der Waals surface area contributed by atoms with Crippen LogP contribution in [0.2, 0.25) is 15.1 Å². The fourth-order valence-corrected chi connectivity index (χ4v) is 4.99. The highest BCUT2D eigenvalue weighted by molar-refractivity contribution is 7.89. The maximum Gasteiger partial charge on any atom is 0.244 e. The summed E-state index contributed by atoms with van der Waals surface area (Å²) >= 11 is 17.9. The summed E-state index contributed by atoms with van der Waals surface area (Å²) in [4.78, 5) is 2.12. The first kappa shape index (κ1) is 20.8. The molecule has 5 nitrogen and oxygen atoms in total. The van der Waals surface area contributed by atoms with Crippen LogP contribution in [0.1, 0.15) is 5.76 Å². The molecule has 10 heteroatoms. The summed E-state index contributed by atoms with van der Waals surface area (Å²) in [6.07, 6.45) is 1.63. The van der Waals surface area contributed by atoms with Gasteiger partial charge in [0.2, 0.25) is 10.0 Å². The van der Waals surface area contributed by atoms with Crippen molar-refractivity contribution in [1.29, 1.82) is 0 Å². The van der Waals surface area contributed by atoms with Crippen molar-refractivity contribution < 1.29 is 12.8 Å². The predicted molar refractivity (Wildman–Crippen MR) is 101 cm³/mol. The molecule has 1 aromatic heterocycles. The first-order valence-corrected chi connectivity index (χ1v) is 9.85. The standard InChI is InChI=1S/C15H15Cl3N2O3S.ClH/c16-12-8-14(18)15(9-13(12)17)24(21,22)20-5-3-19(4-6-20)10-11-2-1-7-23-11;/h1-2,7-9H,3-6,10H2;1H. The van der Waals surface area contributed by atoms with E-state index in [0.717, 1.165) is 5.76 Å². The minimum Gasteiger partial charge on any atom is -0.468 e. The number of benzene rings is 1. The van der Waals surface area contributed by atoms with Gasteiger partial charge >= 0.3 is 0 Å². The van der Waals surface area contributed by atoms with Gasteiger partial charge in [-0.2, -0.15) is 4.31 Å². The summed E-state index contributed by atoms with van der Waals surface area (Å²) in [6, 6.07) is 6.39. The van der Waals surface area contributed by atoms with Gasteiger partial charge in [-0.1, -0.05) is 34.8 Å². The first-order chi connectivity index (χ1) is 11.4. The number of piperazine rings is 1. The van der Waals surface area contributed by atoms with Crippen LogP contribution in [-0.2, 0) is 16.6 Å². The molecule has 0 bridgehead atoms. The lowest BCUT2D eigenvalue weighted by Crippen LogP contribution is -2.48. The van der Waals surface area contributed by atoms with Gasteiger partial charge in [0.1, 0.15) is 10.7 Å². The van der Waals surface area contributed by atoms with Gasteiger partial charge in [0.25, 0.3) is 0 Å². The Morgan fingerprint density at radius 2 is 1.64 bits per heavy atom. The van der Waals surface area contributed by atoms with E-state index in [1.54, 1.807) is 6.26 Å². The molecule has 2 heterocycles. The minimum atomic E-state index is -3.71. The van der Waals surface area contributed by atoms with E-state index in [9.17, 15) is 8.42 Å². The van der Waals surface area contributed by atoms with Crippen LogP contribution < -0.4 is 0 Å². The summed E-state index contributed by atoms with van der Waals surface area (Å²) in [6.45, 7) is 2.63. The molecule has 1 aromatic carbocycles. The zero-order valence-corrected chi connectivity index (χ0v) is 16.9. The highest BCUT2D eigenvalue weighted by atomic mass is 35.5. The second-order valence-electron chi connectivity index (χ2n) is 5.46. The molecule has 0 N–H and O–H groups in total. The minimum absolute atomic E-state index is 0. The van der Waals surface area contributed by atoms with Crippen LogP contribution in [0.4, 0.5) is 0 Å². The third-order valence-electron chi connectivity index (χ3n) is 3.88. The zero-order chi connectivity index (χ0) is 17.3. The lowest BCUT2D eigenvalue weighted by atomic mass is 10.3. The van der Waals surface area contributed by atoms with Gasteiger partial charge in [0, 0.05) is 26.2 Å². The van der Waals surface area contributed by atoms with E-state index in [1.165, 1.54) is 16.4 Å². The molecule has 0 atom stereocenters. The number of nitrogens with zero attached hydrogens (tertiary/aromatic N) is 2. The number of hydrogen-bond acceptors (Lipinski definition) is 4. The van der Waals surface area contributed by atoms with Crippen molar-refractivity contribution in [1.82, 2.24) is 9.21 Å². The lowest BCUT2D eigenvalue weighted by molar-refractivity contribution is 0.171. The van der Waals surface area contributed by atoms with Gasteiger partial charge in [0.05, 0.1) is 27.9 Å². The molecule has 0 aliphatic carbocycles. The largest absolute Gasteiger partial charge is 0.468 e. The number of furan rings is 1. The van der Waals surface area contributed by atoms with Crippen molar-refractivity contribution in [2.45, 2.75) is 11.4 Å². The van der Waals surface area contributed by atoms with Crippen molar-refractivity contribution in [2.75, 3.05) is 26.2 Å². The van der Waals surface area contributed by atoms with Crippen molar-refractivity contribution >= 4 is 57.2 Å². The molecule has 138 valence electrons. The highest BCUT2D eigenvalue weighted by Gasteiger charge is 2.30. The lowest BCUT2D eigenvalue weighted by Gasteiger charge is -2.33. The molecule has 0 amide bonds. The Labute approximate surface area is 167 Å². The second kappa shape index (κ2) is 8.48. The molecule has 0 radical (unpaired) electrons. The molecule has 0 saturated carbocycles. The van der Waals surface area contributed by atoms with Gasteiger partial charge in [0.15, 0.2) is 0 Å². The Bertz CT molecular complexity index is 820. The third-order valence-corrected chi connectivity index (χ3v) is 6.97. The zero-order valence-electron chi connectivity index (χ0n) is 13.0. The highest BCUT2D eigenvalue weighted by Crippen LogP contribution is 2.33. The van der Waals surface area contributed by atoms with Crippen LogP contribution in [0.5, 0.6) is 0 Å². The van der Waals surface area contributed by atoms with E-state index in [0.29, 0.717) is 32.7 Å². The monoisotopic (exact) mass is 444 g/mol. The van der Waals surface area contributed by atoms with E-state index in [1.807, 2.05) is 12.1 Å². The summed E-state index contributed by atoms with van der Waals surface area (Å²) in [5.41, 5.74) is 0. The van der Waals surface area contributed by atoms with Crippen LogP contribution in [0, 0.1) is 0 Å². The molecule has 1 saturated heterocycles. The van der Waals surface area contributed by atoms with Gasteiger partial charge in [-0.25, -0.2) is 8.42 Å². The average molecular weight is 446 g/mol. The maximum absolute atomic E-state index is 12.8.